The lowest BCUT2D eigenvalue weighted by molar-refractivity contribution is -0.115. The molecule has 0 aromatic heterocycles. The zero-order valence-electron chi connectivity index (χ0n) is 14.1. The molecule has 0 aliphatic rings. The fourth-order valence-electron chi connectivity index (χ4n) is 2.36. The van der Waals surface area contributed by atoms with E-state index in [2.05, 4.69) is 5.32 Å². The van der Waals surface area contributed by atoms with E-state index in [1.165, 1.54) is 0 Å². The van der Waals surface area contributed by atoms with Crippen LogP contribution in [0, 0.1) is 0 Å². The summed E-state index contributed by atoms with van der Waals surface area (Å²) in [6.07, 6.45) is 0.163. The van der Waals surface area contributed by atoms with Gasteiger partial charge in [-0.15, -0.1) is 0 Å². The number of nitrogens with one attached hydrogen (secondary N) is 1. The molecular weight excluding hydrogens is 304 g/mol. The lowest BCUT2D eigenvalue weighted by Gasteiger charge is -2.26. The number of benzene rings is 2. The Bertz CT molecular complexity index is 646. The van der Waals surface area contributed by atoms with Gasteiger partial charge in [0.2, 0.25) is 5.91 Å². The second-order valence-corrected chi connectivity index (χ2v) is 5.56. The standard InChI is InChI=1S/C19H24N2O3/c1-3-17(22)13-21(16-9-5-4-6-10-16)14-19(23)20-15-8-7-11-18(12-15)24-2/h4-12,17,22H,3,13-14H2,1-2H3,(H,20,23). The molecule has 0 radical (unpaired) electrons. The third-order valence-corrected chi connectivity index (χ3v) is 3.71. The monoisotopic (exact) mass is 328 g/mol. The van der Waals surface area contributed by atoms with E-state index < -0.39 is 6.10 Å². The van der Waals surface area contributed by atoms with Crippen LogP contribution in [0.3, 0.4) is 0 Å². The van der Waals surface area contributed by atoms with Crippen molar-refractivity contribution in [1.29, 1.82) is 0 Å². The number of carbonyl (C=O) groups is 1. The van der Waals surface area contributed by atoms with Gasteiger partial charge in [0.15, 0.2) is 0 Å². The molecule has 0 spiro atoms. The van der Waals surface area contributed by atoms with Crippen molar-refractivity contribution in [1.82, 2.24) is 0 Å². The van der Waals surface area contributed by atoms with E-state index in [-0.39, 0.29) is 12.5 Å². The van der Waals surface area contributed by atoms with Gasteiger partial charge in [-0.05, 0) is 30.7 Å². The van der Waals surface area contributed by atoms with Gasteiger partial charge < -0.3 is 20.1 Å². The Balaban J connectivity index is 2.06. The number of hydrogen-bond acceptors (Lipinski definition) is 4. The molecule has 0 saturated heterocycles. The van der Waals surface area contributed by atoms with Gasteiger partial charge in [-0.25, -0.2) is 0 Å². The van der Waals surface area contributed by atoms with E-state index in [0.717, 1.165) is 5.69 Å². The fraction of sp³-hybridized carbons (Fsp3) is 0.316. The number of anilines is 2. The molecule has 24 heavy (non-hydrogen) atoms. The number of carbonyl (C=O) groups excluding carboxylic acids is 1. The molecule has 1 atom stereocenters. The number of amides is 1. The van der Waals surface area contributed by atoms with Crippen LogP contribution >= 0.6 is 0 Å². The van der Waals surface area contributed by atoms with Crippen molar-refractivity contribution in [2.75, 3.05) is 30.4 Å². The highest BCUT2D eigenvalue weighted by Crippen LogP contribution is 2.18. The van der Waals surface area contributed by atoms with Crippen molar-refractivity contribution in [2.45, 2.75) is 19.4 Å². The molecule has 5 nitrogen and oxygen atoms in total. The van der Waals surface area contributed by atoms with Crippen molar-refractivity contribution in [3.8, 4) is 5.75 Å². The maximum Gasteiger partial charge on any atom is 0.243 e. The molecule has 5 heteroatoms. The lowest BCUT2D eigenvalue weighted by Crippen LogP contribution is -2.38. The molecule has 0 saturated carbocycles. The van der Waals surface area contributed by atoms with Crippen LogP contribution in [0.4, 0.5) is 11.4 Å². The topological polar surface area (TPSA) is 61.8 Å². The SMILES string of the molecule is CCC(O)CN(CC(=O)Nc1cccc(OC)c1)c1ccccc1. The van der Waals surface area contributed by atoms with Gasteiger partial charge >= 0.3 is 0 Å². The van der Waals surface area contributed by atoms with Crippen molar-refractivity contribution in [2.24, 2.45) is 0 Å². The van der Waals surface area contributed by atoms with Crippen LogP contribution in [0.2, 0.25) is 0 Å². The van der Waals surface area contributed by atoms with Crippen LogP contribution in [-0.4, -0.2) is 37.3 Å². The fourth-order valence-corrected chi connectivity index (χ4v) is 2.36. The third kappa shape index (κ3) is 5.28. The average molecular weight is 328 g/mol. The summed E-state index contributed by atoms with van der Waals surface area (Å²) in [6.45, 7) is 2.49. The number of para-hydroxylation sites is 1. The van der Waals surface area contributed by atoms with Crippen molar-refractivity contribution in [3.05, 3.63) is 54.6 Å². The molecular formula is C19H24N2O3. The third-order valence-electron chi connectivity index (χ3n) is 3.71. The Morgan fingerprint density at radius 3 is 2.62 bits per heavy atom. The number of aliphatic hydroxyl groups is 1. The van der Waals surface area contributed by atoms with Gasteiger partial charge in [0.25, 0.3) is 0 Å². The van der Waals surface area contributed by atoms with E-state index in [0.29, 0.717) is 24.4 Å². The van der Waals surface area contributed by atoms with Gasteiger partial charge in [-0.1, -0.05) is 31.2 Å². The summed E-state index contributed by atoms with van der Waals surface area (Å²) in [5.74, 6) is 0.546. The molecule has 0 bridgehead atoms. The maximum absolute atomic E-state index is 12.4. The van der Waals surface area contributed by atoms with E-state index >= 15 is 0 Å². The molecule has 0 heterocycles. The molecule has 2 N–H and O–H groups in total. The minimum absolute atomic E-state index is 0.143. The second kappa shape index (κ2) is 8.93. The number of aliphatic hydroxyl groups excluding tert-OH is 1. The lowest BCUT2D eigenvalue weighted by atomic mass is 10.2. The van der Waals surface area contributed by atoms with Crippen LogP contribution in [0.1, 0.15) is 13.3 Å². The number of hydrogen-bond donors (Lipinski definition) is 2. The number of nitrogens with zero attached hydrogens (tertiary/aromatic N) is 1. The zero-order valence-corrected chi connectivity index (χ0v) is 14.1. The smallest absolute Gasteiger partial charge is 0.243 e. The molecule has 2 aromatic carbocycles. The predicted octanol–water partition coefficient (Wildman–Crippen LogP) is 2.91. The highest BCUT2D eigenvalue weighted by Gasteiger charge is 2.15. The first-order chi connectivity index (χ1) is 11.6. The van der Waals surface area contributed by atoms with E-state index in [9.17, 15) is 9.90 Å². The summed E-state index contributed by atoms with van der Waals surface area (Å²) in [7, 11) is 1.59. The molecule has 0 aliphatic heterocycles. The molecule has 128 valence electrons. The number of rotatable bonds is 8. The summed E-state index contributed by atoms with van der Waals surface area (Å²) in [4.78, 5) is 14.3. The average Bonchev–Trinajstić information content (AvgIpc) is 2.61. The van der Waals surface area contributed by atoms with E-state index in [4.69, 9.17) is 4.74 Å². The Morgan fingerprint density at radius 2 is 1.96 bits per heavy atom. The summed E-state index contributed by atoms with van der Waals surface area (Å²) in [5, 5.41) is 12.8. The quantitative estimate of drug-likeness (QED) is 0.782. The van der Waals surface area contributed by atoms with E-state index in [1.807, 2.05) is 60.4 Å². The van der Waals surface area contributed by atoms with Crippen LogP contribution in [0.15, 0.2) is 54.6 Å². The van der Waals surface area contributed by atoms with Crippen molar-refractivity contribution < 1.29 is 14.6 Å². The summed E-state index contributed by atoms with van der Waals surface area (Å²) < 4.78 is 5.16. The summed E-state index contributed by atoms with van der Waals surface area (Å²) in [6, 6.07) is 16.9. The van der Waals surface area contributed by atoms with Crippen molar-refractivity contribution in [3.63, 3.8) is 0 Å². The molecule has 1 amide bonds. The van der Waals surface area contributed by atoms with Gasteiger partial charge in [0, 0.05) is 24.0 Å². The molecule has 0 fully saturated rings. The minimum atomic E-state index is -0.477. The molecule has 1 unspecified atom stereocenters. The summed E-state index contributed by atoms with van der Waals surface area (Å²) in [5.41, 5.74) is 1.59. The van der Waals surface area contributed by atoms with Gasteiger partial charge in [-0.3, -0.25) is 4.79 Å². The van der Waals surface area contributed by atoms with Crippen LogP contribution < -0.4 is 15.0 Å². The Hall–Kier alpha value is -2.53. The van der Waals surface area contributed by atoms with Crippen LogP contribution in [0.25, 0.3) is 0 Å². The summed E-state index contributed by atoms with van der Waals surface area (Å²) >= 11 is 0. The molecule has 0 aliphatic carbocycles. The second-order valence-electron chi connectivity index (χ2n) is 5.56. The normalized spacial score (nSPS) is 11.6. The first kappa shape index (κ1) is 17.8. The Kier molecular flexibility index (Phi) is 6.63. The van der Waals surface area contributed by atoms with Crippen molar-refractivity contribution >= 4 is 17.3 Å². The minimum Gasteiger partial charge on any atom is -0.497 e. The highest BCUT2D eigenvalue weighted by molar-refractivity contribution is 5.94. The van der Waals surface area contributed by atoms with Gasteiger partial charge in [-0.2, -0.15) is 0 Å². The Morgan fingerprint density at radius 1 is 1.21 bits per heavy atom. The van der Waals surface area contributed by atoms with E-state index in [1.54, 1.807) is 13.2 Å². The zero-order chi connectivity index (χ0) is 17.4. The van der Waals surface area contributed by atoms with Gasteiger partial charge in [0.05, 0.1) is 19.8 Å². The first-order valence-corrected chi connectivity index (χ1v) is 8.04. The largest absolute Gasteiger partial charge is 0.497 e. The molecule has 2 rings (SSSR count). The highest BCUT2D eigenvalue weighted by atomic mass is 16.5. The van der Waals surface area contributed by atoms with Crippen LogP contribution in [0.5, 0.6) is 5.75 Å². The predicted molar refractivity (Wildman–Crippen MR) is 96.6 cm³/mol. The van der Waals surface area contributed by atoms with Crippen LogP contribution in [-0.2, 0) is 4.79 Å². The first-order valence-electron chi connectivity index (χ1n) is 8.04. The number of methoxy groups -OCH3 is 1. The maximum atomic E-state index is 12.4. The van der Waals surface area contributed by atoms with Gasteiger partial charge in [0.1, 0.15) is 5.75 Å². The number of ether oxygens (including phenoxy) is 1. The molecule has 2 aromatic rings. The Labute approximate surface area is 142 Å².